The molecule has 8 rings (SSSR count). The third-order valence-electron chi connectivity index (χ3n) is 12.1. The van der Waals surface area contributed by atoms with E-state index in [9.17, 15) is 14.4 Å². The number of nitrogens with one attached hydrogen (secondary N) is 1. The summed E-state index contributed by atoms with van der Waals surface area (Å²) in [6.45, 7) is 12.3. The van der Waals surface area contributed by atoms with Gasteiger partial charge in [0.15, 0.2) is 0 Å². The Morgan fingerprint density at radius 1 is 0.887 bits per heavy atom. The second kappa shape index (κ2) is 18.0. The number of benzene rings is 4. The first-order chi connectivity index (χ1) is 29.8. The molecule has 11 nitrogen and oxygen atoms in total. The molecule has 0 saturated carbocycles. The van der Waals surface area contributed by atoms with Gasteiger partial charge in [0.05, 0.1) is 18.2 Å². The molecule has 4 aliphatic heterocycles. The molecule has 3 atom stereocenters. The van der Waals surface area contributed by atoms with Gasteiger partial charge in [-0.15, -0.1) is 0 Å². The van der Waals surface area contributed by atoms with Gasteiger partial charge in [0.2, 0.25) is 11.8 Å². The SMILES string of the molecule is CCOc1cc(C(C)(C)C)ccc1C1=NC(c2ccc(Cl)cc2)C(c2ccc(Cl)cc2)N1C(=O)N1CCN(CCC#Cc2cccc3c2CN(C2CCC(=O)NC2=O)C3=O)CC1. The maximum absolute atomic E-state index is 15.1. The van der Waals surface area contributed by atoms with Crippen molar-refractivity contribution in [2.24, 2.45) is 4.99 Å². The van der Waals surface area contributed by atoms with Crippen LogP contribution in [0, 0.1) is 11.8 Å². The molecule has 4 aromatic rings. The standard InChI is InChI=1S/C49H50Cl2N6O5/c1-5-62-41-29-34(49(2,3)4)16-21-38(41)45-53-43(32-12-17-35(50)18-13-32)44(33-14-19-36(51)20-15-33)57(45)48(61)55-27-25-54(26-28-55)24-7-6-9-31-10-8-11-37-39(31)30-56(47(37)60)40-22-23-42(58)52-46(40)59/h8,10-21,29,40,43-44H,5,7,22-28,30H2,1-4H3,(H,52,58,59). The fourth-order valence-electron chi connectivity index (χ4n) is 8.69. The number of hydrogen-bond acceptors (Lipinski definition) is 7. The number of fused-ring (bicyclic) bond motifs is 1. The molecule has 13 heteroatoms. The van der Waals surface area contributed by atoms with E-state index < -0.39 is 24.0 Å². The average molecular weight is 874 g/mol. The first-order valence-electron chi connectivity index (χ1n) is 21.2. The van der Waals surface area contributed by atoms with Crippen molar-refractivity contribution in [2.45, 2.75) is 77.0 Å². The second-order valence-corrected chi connectivity index (χ2v) is 18.0. The summed E-state index contributed by atoms with van der Waals surface area (Å²) < 4.78 is 6.30. The Kier molecular flexibility index (Phi) is 12.5. The fourth-order valence-corrected chi connectivity index (χ4v) is 8.94. The monoisotopic (exact) mass is 872 g/mol. The first kappa shape index (κ1) is 43.0. The summed E-state index contributed by atoms with van der Waals surface area (Å²) in [5.74, 6) is 6.84. The zero-order valence-corrected chi connectivity index (χ0v) is 36.9. The highest BCUT2D eigenvalue weighted by Gasteiger charge is 2.45. The molecule has 320 valence electrons. The number of hydrogen-bond donors (Lipinski definition) is 1. The topological polar surface area (TPSA) is 115 Å². The Bertz CT molecular complexity index is 2480. The predicted octanol–water partition coefficient (Wildman–Crippen LogP) is 8.17. The maximum atomic E-state index is 15.1. The predicted molar refractivity (Wildman–Crippen MR) is 240 cm³/mol. The van der Waals surface area contributed by atoms with Crippen molar-refractivity contribution in [1.29, 1.82) is 0 Å². The van der Waals surface area contributed by atoms with Crippen LogP contribution in [0.2, 0.25) is 10.0 Å². The number of rotatable bonds is 8. The quantitative estimate of drug-likeness (QED) is 0.141. The molecule has 0 bridgehead atoms. The number of piperidine rings is 1. The number of carbonyl (C=O) groups excluding carboxylic acids is 4. The molecule has 0 aromatic heterocycles. The summed E-state index contributed by atoms with van der Waals surface area (Å²) in [5, 5.41) is 3.58. The molecule has 0 radical (unpaired) electrons. The smallest absolute Gasteiger partial charge is 0.326 e. The Balaban J connectivity index is 1.01. The molecule has 1 N–H and O–H groups in total. The molecule has 4 aliphatic rings. The number of amidine groups is 1. The largest absolute Gasteiger partial charge is 0.493 e. The third kappa shape index (κ3) is 8.82. The van der Waals surface area contributed by atoms with E-state index in [1.165, 1.54) is 0 Å². The van der Waals surface area contributed by atoms with Gasteiger partial charge in [0.1, 0.15) is 23.7 Å². The van der Waals surface area contributed by atoms with Gasteiger partial charge in [-0.1, -0.05) is 92.2 Å². The highest BCUT2D eigenvalue weighted by Crippen LogP contribution is 2.46. The van der Waals surface area contributed by atoms with Gasteiger partial charge in [0.25, 0.3) is 5.91 Å². The van der Waals surface area contributed by atoms with E-state index in [1.54, 1.807) is 11.0 Å². The molecule has 3 unspecified atom stereocenters. The molecule has 2 fully saturated rings. The van der Waals surface area contributed by atoms with Crippen LogP contribution >= 0.6 is 23.2 Å². The van der Waals surface area contributed by atoms with E-state index in [4.69, 9.17) is 32.9 Å². The van der Waals surface area contributed by atoms with Gasteiger partial charge in [0, 0.05) is 73.3 Å². The summed E-state index contributed by atoms with van der Waals surface area (Å²) in [5.41, 5.74) is 5.68. The summed E-state index contributed by atoms with van der Waals surface area (Å²) in [6.07, 6.45) is 1.11. The fraction of sp³-hybridized carbons (Fsp3) is 0.367. The first-order valence-corrected chi connectivity index (χ1v) is 22.0. The van der Waals surface area contributed by atoms with Crippen molar-refractivity contribution in [3.8, 4) is 17.6 Å². The highest BCUT2D eigenvalue weighted by molar-refractivity contribution is 6.30. The molecule has 4 aromatic carbocycles. The normalized spacial score (nSPS) is 20.4. The number of ether oxygens (including phenoxy) is 1. The van der Waals surface area contributed by atoms with Crippen LogP contribution in [0.4, 0.5) is 4.79 Å². The molecule has 4 heterocycles. The van der Waals surface area contributed by atoms with Crippen LogP contribution in [-0.4, -0.2) is 94.6 Å². The minimum Gasteiger partial charge on any atom is -0.493 e. The number of nitrogens with zero attached hydrogens (tertiary/aromatic N) is 5. The van der Waals surface area contributed by atoms with Crippen LogP contribution in [0.5, 0.6) is 5.75 Å². The Labute approximate surface area is 373 Å². The highest BCUT2D eigenvalue weighted by atomic mass is 35.5. The Morgan fingerprint density at radius 3 is 2.24 bits per heavy atom. The number of carbonyl (C=O) groups is 4. The number of aliphatic imine (C=N–C) groups is 1. The second-order valence-electron chi connectivity index (χ2n) is 17.1. The van der Waals surface area contributed by atoms with Gasteiger partial charge in [-0.25, -0.2) is 4.79 Å². The molecule has 62 heavy (non-hydrogen) atoms. The lowest BCUT2D eigenvalue weighted by atomic mass is 9.86. The number of imide groups is 1. The van der Waals surface area contributed by atoms with Gasteiger partial charge in [-0.3, -0.25) is 34.5 Å². The van der Waals surface area contributed by atoms with Crippen molar-refractivity contribution in [3.63, 3.8) is 0 Å². The number of halogens is 2. The van der Waals surface area contributed by atoms with Crippen molar-refractivity contribution >= 4 is 52.8 Å². The summed E-state index contributed by atoms with van der Waals surface area (Å²) in [6, 6.07) is 25.2. The van der Waals surface area contributed by atoms with E-state index in [0.717, 1.165) is 33.4 Å². The van der Waals surface area contributed by atoms with Crippen LogP contribution in [0.15, 0.2) is 89.9 Å². The molecule has 0 aliphatic carbocycles. The van der Waals surface area contributed by atoms with E-state index in [0.29, 0.717) is 79.4 Å². The Morgan fingerprint density at radius 2 is 1.58 bits per heavy atom. The van der Waals surface area contributed by atoms with Crippen molar-refractivity contribution in [1.82, 2.24) is 24.9 Å². The summed E-state index contributed by atoms with van der Waals surface area (Å²) in [4.78, 5) is 65.7. The molecular weight excluding hydrogens is 823 g/mol. The van der Waals surface area contributed by atoms with Gasteiger partial charge >= 0.3 is 6.03 Å². The zero-order valence-electron chi connectivity index (χ0n) is 35.4. The van der Waals surface area contributed by atoms with Crippen molar-refractivity contribution in [2.75, 3.05) is 39.3 Å². The van der Waals surface area contributed by atoms with Gasteiger partial charge in [-0.05, 0) is 89.5 Å². The van der Waals surface area contributed by atoms with Crippen LogP contribution in [0.25, 0.3) is 0 Å². The van der Waals surface area contributed by atoms with Crippen LogP contribution in [0.1, 0.15) is 103 Å². The van der Waals surface area contributed by atoms with Crippen LogP contribution in [0.3, 0.4) is 0 Å². The zero-order chi connectivity index (χ0) is 43.7. The van der Waals surface area contributed by atoms with E-state index in [1.807, 2.05) is 83.5 Å². The number of urea groups is 1. The summed E-state index contributed by atoms with van der Waals surface area (Å²) >= 11 is 12.8. The molecule has 5 amide bonds. The van der Waals surface area contributed by atoms with Gasteiger partial charge in [-0.2, -0.15) is 0 Å². The van der Waals surface area contributed by atoms with Crippen molar-refractivity contribution < 1.29 is 23.9 Å². The minimum absolute atomic E-state index is 0.121. The lowest BCUT2D eigenvalue weighted by molar-refractivity contribution is -0.136. The summed E-state index contributed by atoms with van der Waals surface area (Å²) in [7, 11) is 0. The average Bonchev–Trinajstić information content (AvgIpc) is 3.81. The minimum atomic E-state index is -0.677. The molecule has 0 spiro atoms. The number of piperazine rings is 1. The van der Waals surface area contributed by atoms with Gasteiger partial charge < -0.3 is 14.5 Å². The Hall–Kier alpha value is -5.67. The molecule has 2 saturated heterocycles. The van der Waals surface area contributed by atoms with E-state index in [2.05, 4.69) is 55.0 Å². The van der Waals surface area contributed by atoms with Crippen LogP contribution < -0.4 is 10.1 Å². The van der Waals surface area contributed by atoms with Crippen LogP contribution in [-0.2, 0) is 21.5 Å². The molecular formula is C49H50Cl2N6O5. The van der Waals surface area contributed by atoms with E-state index in [-0.39, 0.29) is 36.2 Å². The lowest BCUT2D eigenvalue weighted by Crippen LogP contribution is -2.54. The third-order valence-corrected chi connectivity index (χ3v) is 12.6. The number of amides is 5. The van der Waals surface area contributed by atoms with E-state index >= 15 is 4.79 Å². The lowest BCUT2D eigenvalue weighted by Gasteiger charge is -2.39. The maximum Gasteiger partial charge on any atom is 0.326 e. The van der Waals surface area contributed by atoms with Crippen molar-refractivity contribution in [3.05, 3.63) is 134 Å².